The maximum atomic E-state index is 5.92. The van der Waals surface area contributed by atoms with Gasteiger partial charge in [0.25, 0.3) is 0 Å². The molecule has 0 spiro atoms. The van der Waals surface area contributed by atoms with Gasteiger partial charge in [0.1, 0.15) is 5.15 Å². The number of aromatic nitrogens is 3. The average Bonchev–Trinajstić information content (AvgIpc) is 2.23. The molecule has 0 aliphatic rings. The molecular formula is C10H7ClIN3. The summed E-state index contributed by atoms with van der Waals surface area (Å²) in [5.41, 5.74) is 1.84. The van der Waals surface area contributed by atoms with Crippen molar-refractivity contribution in [2.45, 2.75) is 6.92 Å². The van der Waals surface area contributed by atoms with E-state index in [0.29, 0.717) is 11.0 Å². The summed E-state index contributed by atoms with van der Waals surface area (Å²) in [6.07, 6.45) is 3.44. The van der Waals surface area contributed by atoms with Gasteiger partial charge in [-0.05, 0) is 41.6 Å². The van der Waals surface area contributed by atoms with E-state index in [-0.39, 0.29) is 0 Å². The van der Waals surface area contributed by atoms with Crippen LogP contribution in [0.4, 0.5) is 0 Å². The first-order chi connectivity index (χ1) is 7.16. The van der Waals surface area contributed by atoms with Crippen LogP contribution in [0.3, 0.4) is 0 Å². The Labute approximate surface area is 106 Å². The van der Waals surface area contributed by atoms with Crippen LogP contribution in [-0.2, 0) is 0 Å². The quantitative estimate of drug-likeness (QED) is 0.595. The van der Waals surface area contributed by atoms with Crippen molar-refractivity contribution in [2.75, 3.05) is 0 Å². The van der Waals surface area contributed by atoms with Crippen LogP contribution in [-0.4, -0.2) is 15.0 Å². The second-order valence-corrected chi connectivity index (χ2v) is 4.54. The first-order valence-corrected chi connectivity index (χ1v) is 5.73. The minimum atomic E-state index is 0.473. The van der Waals surface area contributed by atoms with E-state index >= 15 is 0 Å². The molecule has 0 aliphatic heterocycles. The fraction of sp³-hybridized carbons (Fsp3) is 0.100. The second kappa shape index (κ2) is 4.40. The summed E-state index contributed by atoms with van der Waals surface area (Å²) >= 11 is 8.01. The van der Waals surface area contributed by atoms with E-state index in [4.69, 9.17) is 11.6 Å². The largest absolute Gasteiger partial charge is 0.261 e. The molecule has 0 aromatic carbocycles. The van der Waals surface area contributed by atoms with Crippen molar-refractivity contribution in [1.82, 2.24) is 15.0 Å². The number of rotatable bonds is 1. The van der Waals surface area contributed by atoms with Gasteiger partial charge >= 0.3 is 0 Å². The molecule has 76 valence electrons. The Morgan fingerprint density at radius 1 is 1.20 bits per heavy atom. The zero-order valence-corrected chi connectivity index (χ0v) is 10.8. The first kappa shape index (κ1) is 10.8. The molecule has 2 heterocycles. The number of hydrogen-bond donors (Lipinski definition) is 0. The Bertz CT molecular complexity index is 485. The number of nitrogens with zero attached hydrogens (tertiary/aromatic N) is 3. The van der Waals surface area contributed by atoms with Gasteiger partial charge < -0.3 is 0 Å². The van der Waals surface area contributed by atoms with Crippen molar-refractivity contribution in [3.8, 4) is 11.4 Å². The Hall–Kier alpha value is -0.750. The number of halogens is 2. The molecule has 15 heavy (non-hydrogen) atoms. The van der Waals surface area contributed by atoms with Gasteiger partial charge in [-0.2, -0.15) is 0 Å². The summed E-state index contributed by atoms with van der Waals surface area (Å²) in [5, 5.41) is 0.473. The summed E-state index contributed by atoms with van der Waals surface area (Å²) in [4.78, 5) is 12.6. The number of pyridine rings is 1. The first-order valence-electron chi connectivity index (χ1n) is 4.28. The van der Waals surface area contributed by atoms with Crippen LogP contribution >= 0.6 is 34.2 Å². The number of aryl methyl sites for hydroxylation is 1. The zero-order chi connectivity index (χ0) is 10.8. The van der Waals surface area contributed by atoms with E-state index in [1.54, 1.807) is 12.4 Å². The zero-order valence-electron chi connectivity index (χ0n) is 7.91. The van der Waals surface area contributed by atoms with E-state index in [1.165, 1.54) is 0 Å². The Kier molecular flexibility index (Phi) is 3.16. The molecule has 0 aliphatic carbocycles. The van der Waals surface area contributed by atoms with Gasteiger partial charge in [-0.25, -0.2) is 9.97 Å². The molecule has 2 aromatic rings. The highest BCUT2D eigenvalue weighted by atomic mass is 127. The molecule has 0 atom stereocenters. The van der Waals surface area contributed by atoms with Gasteiger partial charge in [0.05, 0.1) is 3.57 Å². The van der Waals surface area contributed by atoms with Gasteiger partial charge in [0.15, 0.2) is 5.82 Å². The lowest BCUT2D eigenvalue weighted by molar-refractivity contribution is 1.13. The summed E-state index contributed by atoms with van der Waals surface area (Å²) in [7, 11) is 0. The van der Waals surface area contributed by atoms with Gasteiger partial charge in [0.2, 0.25) is 0 Å². The molecule has 0 fully saturated rings. The lowest BCUT2D eigenvalue weighted by atomic mass is 10.2. The van der Waals surface area contributed by atoms with Crippen molar-refractivity contribution < 1.29 is 0 Å². The van der Waals surface area contributed by atoms with Crippen molar-refractivity contribution >= 4 is 34.2 Å². The molecule has 5 heteroatoms. The van der Waals surface area contributed by atoms with Crippen LogP contribution < -0.4 is 0 Å². The van der Waals surface area contributed by atoms with Crippen molar-refractivity contribution in [1.29, 1.82) is 0 Å². The lowest BCUT2D eigenvalue weighted by Gasteiger charge is -2.01. The molecule has 0 N–H and O–H groups in total. The maximum Gasteiger partial charge on any atom is 0.162 e. The molecule has 0 radical (unpaired) electrons. The summed E-state index contributed by atoms with van der Waals surface area (Å²) < 4.78 is 0.845. The van der Waals surface area contributed by atoms with Gasteiger partial charge in [-0.1, -0.05) is 11.6 Å². The van der Waals surface area contributed by atoms with Crippen LogP contribution in [0.25, 0.3) is 11.4 Å². The second-order valence-electron chi connectivity index (χ2n) is 3.02. The molecule has 2 rings (SSSR count). The third-order valence-electron chi connectivity index (χ3n) is 1.87. The van der Waals surface area contributed by atoms with Crippen molar-refractivity contribution in [3.05, 3.63) is 38.9 Å². The maximum absolute atomic E-state index is 5.92. The van der Waals surface area contributed by atoms with Crippen LogP contribution in [0.5, 0.6) is 0 Å². The number of hydrogen-bond acceptors (Lipinski definition) is 3. The van der Waals surface area contributed by atoms with E-state index in [0.717, 1.165) is 14.8 Å². The molecule has 0 saturated heterocycles. The van der Waals surface area contributed by atoms with Crippen LogP contribution in [0, 0.1) is 10.5 Å². The van der Waals surface area contributed by atoms with E-state index < -0.39 is 0 Å². The smallest absolute Gasteiger partial charge is 0.162 e. The molecule has 2 aromatic heterocycles. The summed E-state index contributed by atoms with van der Waals surface area (Å²) in [6, 6.07) is 3.85. The highest BCUT2D eigenvalue weighted by Crippen LogP contribution is 2.19. The molecule has 0 saturated carbocycles. The molecule has 0 unspecified atom stereocenters. The average molecular weight is 332 g/mol. The lowest BCUT2D eigenvalue weighted by Crippen LogP contribution is -1.92. The molecule has 3 nitrogen and oxygen atoms in total. The molecule has 0 bridgehead atoms. The van der Waals surface area contributed by atoms with Gasteiger partial charge in [-0.3, -0.25) is 4.98 Å². The van der Waals surface area contributed by atoms with Crippen LogP contribution in [0.1, 0.15) is 5.69 Å². The van der Waals surface area contributed by atoms with Crippen molar-refractivity contribution in [2.24, 2.45) is 0 Å². The molecular weight excluding hydrogens is 324 g/mol. The van der Waals surface area contributed by atoms with E-state index in [2.05, 4.69) is 37.5 Å². The van der Waals surface area contributed by atoms with Crippen molar-refractivity contribution in [3.63, 3.8) is 0 Å². The van der Waals surface area contributed by atoms with E-state index in [9.17, 15) is 0 Å². The topological polar surface area (TPSA) is 38.7 Å². The highest BCUT2D eigenvalue weighted by Gasteiger charge is 2.04. The predicted octanol–water partition coefficient (Wildman–Crippen LogP) is 3.11. The Balaban J connectivity index is 2.45. The summed E-state index contributed by atoms with van der Waals surface area (Å²) in [6.45, 7) is 1.94. The fourth-order valence-electron chi connectivity index (χ4n) is 1.09. The summed E-state index contributed by atoms with van der Waals surface area (Å²) in [5.74, 6) is 0.605. The fourth-order valence-corrected chi connectivity index (χ4v) is 1.47. The Morgan fingerprint density at radius 2 is 2.00 bits per heavy atom. The highest BCUT2D eigenvalue weighted by molar-refractivity contribution is 14.1. The third-order valence-corrected chi connectivity index (χ3v) is 3.27. The standard InChI is InChI=1S/C10H7ClIN3/c1-6-2-3-7(4-13-6)10-14-5-8(12)9(11)15-10/h2-5H,1H3. The van der Waals surface area contributed by atoms with Gasteiger partial charge in [0, 0.05) is 23.7 Å². The normalized spacial score (nSPS) is 10.3. The third kappa shape index (κ3) is 2.43. The minimum absolute atomic E-state index is 0.473. The monoisotopic (exact) mass is 331 g/mol. The molecule has 0 amide bonds. The van der Waals surface area contributed by atoms with Gasteiger partial charge in [-0.15, -0.1) is 0 Å². The Morgan fingerprint density at radius 3 is 2.60 bits per heavy atom. The van der Waals surface area contributed by atoms with Crippen LogP contribution in [0.15, 0.2) is 24.5 Å². The van der Waals surface area contributed by atoms with Crippen LogP contribution in [0.2, 0.25) is 5.15 Å². The predicted molar refractivity (Wildman–Crippen MR) is 67.7 cm³/mol. The van der Waals surface area contributed by atoms with E-state index in [1.807, 2.05) is 19.1 Å². The minimum Gasteiger partial charge on any atom is -0.261 e. The SMILES string of the molecule is Cc1ccc(-c2ncc(I)c(Cl)n2)cn1.